The molecule has 18 heavy (non-hydrogen) atoms. The van der Waals surface area contributed by atoms with E-state index in [4.69, 9.17) is 5.26 Å². The number of halogens is 1. The highest BCUT2D eigenvalue weighted by Crippen LogP contribution is 2.25. The van der Waals surface area contributed by atoms with Crippen LogP contribution in [0.15, 0.2) is 46.9 Å². The lowest BCUT2D eigenvalue weighted by Crippen LogP contribution is -2.01. The highest BCUT2D eigenvalue weighted by molar-refractivity contribution is 9.10. The summed E-state index contributed by atoms with van der Waals surface area (Å²) in [6.45, 7) is 0.470. The van der Waals surface area contributed by atoms with Crippen molar-refractivity contribution in [3.63, 3.8) is 0 Å². The summed E-state index contributed by atoms with van der Waals surface area (Å²) in [7, 11) is 0. The van der Waals surface area contributed by atoms with E-state index in [1.165, 1.54) is 0 Å². The Bertz CT molecular complexity index is 605. The van der Waals surface area contributed by atoms with Gasteiger partial charge in [0.05, 0.1) is 11.3 Å². The zero-order chi connectivity index (χ0) is 13.0. The van der Waals surface area contributed by atoms with Crippen LogP contribution in [0.1, 0.15) is 11.1 Å². The number of hydrogen-bond acceptors (Lipinski definition) is 3. The van der Waals surface area contributed by atoms with Gasteiger partial charge in [-0.1, -0.05) is 24.3 Å². The molecule has 0 aliphatic rings. The molecule has 0 saturated heterocycles. The van der Waals surface area contributed by atoms with Crippen molar-refractivity contribution < 1.29 is 5.11 Å². The Labute approximate surface area is 114 Å². The lowest BCUT2D eigenvalue weighted by Gasteiger charge is -2.10. The number of hydrogen-bond donors (Lipinski definition) is 2. The maximum Gasteiger partial charge on any atom is 0.120 e. The molecule has 2 N–H and O–H groups in total. The van der Waals surface area contributed by atoms with Gasteiger partial charge in [-0.3, -0.25) is 0 Å². The van der Waals surface area contributed by atoms with Crippen LogP contribution in [0.4, 0.5) is 5.69 Å². The summed E-state index contributed by atoms with van der Waals surface area (Å²) in [6.07, 6.45) is 0. The van der Waals surface area contributed by atoms with E-state index in [1.54, 1.807) is 12.1 Å². The van der Waals surface area contributed by atoms with E-state index in [9.17, 15) is 5.11 Å². The van der Waals surface area contributed by atoms with E-state index in [-0.39, 0.29) is 5.75 Å². The number of rotatable bonds is 3. The molecule has 90 valence electrons. The second kappa shape index (κ2) is 5.56. The van der Waals surface area contributed by atoms with Gasteiger partial charge in [0, 0.05) is 16.6 Å². The maximum absolute atomic E-state index is 9.66. The van der Waals surface area contributed by atoms with E-state index < -0.39 is 0 Å². The molecule has 0 heterocycles. The van der Waals surface area contributed by atoms with Gasteiger partial charge in [0.15, 0.2) is 0 Å². The molecule has 0 saturated carbocycles. The molecular formula is C14H11BrN2O. The minimum absolute atomic E-state index is 0.249. The van der Waals surface area contributed by atoms with E-state index >= 15 is 0 Å². The van der Waals surface area contributed by atoms with E-state index in [0.29, 0.717) is 12.1 Å². The number of nitrogens with zero attached hydrogens (tertiary/aromatic N) is 1. The first-order valence-electron chi connectivity index (χ1n) is 5.41. The number of anilines is 1. The summed E-state index contributed by atoms with van der Waals surface area (Å²) in [6, 6.07) is 14.8. The predicted octanol–water partition coefficient (Wildman–Crippen LogP) is 3.64. The van der Waals surface area contributed by atoms with Gasteiger partial charge in [-0.15, -0.1) is 0 Å². The van der Waals surface area contributed by atoms with Crippen LogP contribution < -0.4 is 5.32 Å². The minimum Gasteiger partial charge on any atom is -0.508 e. The lowest BCUT2D eigenvalue weighted by atomic mass is 10.1. The quantitative estimate of drug-likeness (QED) is 0.910. The van der Waals surface area contributed by atoms with Crippen LogP contribution in [-0.2, 0) is 6.54 Å². The first-order chi connectivity index (χ1) is 8.72. The van der Waals surface area contributed by atoms with Gasteiger partial charge in [0.25, 0.3) is 0 Å². The molecule has 0 unspecified atom stereocenters. The van der Waals surface area contributed by atoms with Crippen molar-refractivity contribution in [1.82, 2.24) is 0 Å². The van der Waals surface area contributed by atoms with Crippen LogP contribution in [0.25, 0.3) is 0 Å². The second-order valence-corrected chi connectivity index (χ2v) is 4.61. The van der Waals surface area contributed by atoms with Crippen molar-refractivity contribution in [1.29, 1.82) is 5.26 Å². The Morgan fingerprint density at radius 2 is 1.94 bits per heavy atom. The molecular weight excluding hydrogens is 292 g/mol. The van der Waals surface area contributed by atoms with Crippen LogP contribution in [0.3, 0.4) is 0 Å². The van der Waals surface area contributed by atoms with Crippen LogP contribution in [0.2, 0.25) is 0 Å². The summed E-state index contributed by atoms with van der Waals surface area (Å²) in [4.78, 5) is 0. The SMILES string of the molecule is N#Cc1c(Br)cccc1NCc1ccccc1O. The molecule has 0 bridgehead atoms. The van der Waals surface area contributed by atoms with Crippen molar-refractivity contribution in [2.24, 2.45) is 0 Å². The van der Waals surface area contributed by atoms with Gasteiger partial charge < -0.3 is 10.4 Å². The monoisotopic (exact) mass is 302 g/mol. The van der Waals surface area contributed by atoms with Crippen molar-refractivity contribution >= 4 is 21.6 Å². The fraction of sp³-hybridized carbons (Fsp3) is 0.0714. The molecule has 3 nitrogen and oxygen atoms in total. The highest BCUT2D eigenvalue weighted by atomic mass is 79.9. The second-order valence-electron chi connectivity index (χ2n) is 3.76. The van der Waals surface area contributed by atoms with Gasteiger partial charge in [-0.2, -0.15) is 5.26 Å². The summed E-state index contributed by atoms with van der Waals surface area (Å²) < 4.78 is 0.757. The molecule has 2 rings (SSSR count). The molecule has 0 atom stereocenters. The molecule has 0 aliphatic heterocycles. The average molecular weight is 303 g/mol. The molecule has 0 radical (unpaired) electrons. The summed E-state index contributed by atoms with van der Waals surface area (Å²) in [5.41, 5.74) is 2.10. The number of phenolic OH excluding ortho intramolecular Hbond substituents is 1. The Hall–Kier alpha value is -1.99. The topological polar surface area (TPSA) is 56.0 Å². The van der Waals surface area contributed by atoms with Crippen molar-refractivity contribution in [2.75, 3.05) is 5.32 Å². The third-order valence-electron chi connectivity index (χ3n) is 2.59. The minimum atomic E-state index is 0.249. The first kappa shape index (κ1) is 12.5. The van der Waals surface area contributed by atoms with Crippen molar-refractivity contribution in [2.45, 2.75) is 6.54 Å². The Kier molecular flexibility index (Phi) is 3.85. The normalized spacial score (nSPS) is 9.78. The third kappa shape index (κ3) is 2.63. The number of benzene rings is 2. The molecule has 4 heteroatoms. The van der Waals surface area contributed by atoms with Gasteiger partial charge >= 0.3 is 0 Å². The Balaban J connectivity index is 2.19. The number of phenols is 1. The van der Waals surface area contributed by atoms with Gasteiger partial charge in [-0.25, -0.2) is 0 Å². The largest absolute Gasteiger partial charge is 0.508 e. The Morgan fingerprint density at radius 1 is 1.17 bits per heavy atom. The summed E-state index contributed by atoms with van der Waals surface area (Å²) in [5.74, 6) is 0.249. The molecule has 0 fully saturated rings. The van der Waals surface area contributed by atoms with Gasteiger partial charge in [0.1, 0.15) is 11.8 Å². The molecule has 2 aromatic carbocycles. The van der Waals surface area contributed by atoms with Gasteiger partial charge in [-0.05, 0) is 34.1 Å². The zero-order valence-electron chi connectivity index (χ0n) is 9.52. The number of nitrogens with one attached hydrogen (secondary N) is 1. The smallest absolute Gasteiger partial charge is 0.120 e. The molecule has 0 aliphatic carbocycles. The van der Waals surface area contributed by atoms with E-state index in [1.807, 2.05) is 30.3 Å². The predicted molar refractivity (Wildman–Crippen MR) is 74.3 cm³/mol. The van der Waals surface area contributed by atoms with Crippen LogP contribution in [-0.4, -0.2) is 5.11 Å². The van der Waals surface area contributed by atoms with E-state index in [0.717, 1.165) is 15.7 Å². The van der Waals surface area contributed by atoms with Crippen molar-refractivity contribution in [3.8, 4) is 11.8 Å². The van der Waals surface area contributed by atoms with E-state index in [2.05, 4.69) is 27.3 Å². The highest BCUT2D eigenvalue weighted by Gasteiger charge is 2.06. The average Bonchev–Trinajstić information content (AvgIpc) is 2.38. The molecule has 0 aromatic heterocycles. The van der Waals surface area contributed by atoms with Crippen molar-refractivity contribution in [3.05, 3.63) is 58.1 Å². The summed E-state index contributed by atoms with van der Waals surface area (Å²) in [5, 5.41) is 21.9. The lowest BCUT2D eigenvalue weighted by molar-refractivity contribution is 0.469. The molecule has 0 amide bonds. The first-order valence-corrected chi connectivity index (χ1v) is 6.21. The van der Waals surface area contributed by atoms with Crippen LogP contribution in [0.5, 0.6) is 5.75 Å². The fourth-order valence-electron chi connectivity index (χ4n) is 1.64. The maximum atomic E-state index is 9.66. The number of aromatic hydroxyl groups is 1. The summed E-state index contributed by atoms with van der Waals surface area (Å²) >= 11 is 3.34. The molecule has 0 spiro atoms. The zero-order valence-corrected chi connectivity index (χ0v) is 11.1. The standard InChI is InChI=1S/C14H11BrN2O/c15-12-5-3-6-13(11(12)8-16)17-9-10-4-1-2-7-14(10)18/h1-7,17-18H,9H2. The van der Waals surface area contributed by atoms with Gasteiger partial charge in [0.2, 0.25) is 0 Å². The third-order valence-corrected chi connectivity index (χ3v) is 3.25. The molecule has 2 aromatic rings. The number of nitriles is 1. The van der Waals surface area contributed by atoms with Crippen LogP contribution >= 0.6 is 15.9 Å². The Morgan fingerprint density at radius 3 is 2.67 bits per heavy atom. The number of para-hydroxylation sites is 1. The fourth-order valence-corrected chi connectivity index (χ4v) is 2.09. The van der Waals surface area contributed by atoms with Crippen LogP contribution in [0, 0.1) is 11.3 Å².